The van der Waals surface area contributed by atoms with Crippen LogP contribution in [0.3, 0.4) is 0 Å². The Balaban J connectivity index is 1.22. The second-order valence-corrected chi connectivity index (χ2v) is 18.0. The molecule has 302 valence electrons. The fourth-order valence-corrected chi connectivity index (χ4v) is 10.8. The van der Waals surface area contributed by atoms with E-state index < -0.39 is 5.41 Å². The summed E-state index contributed by atoms with van der Waals surface area (Å²) >= 11 is 2.00. The molecule has 0 radical (unpaired) electrons. The van der Waals surface area contributed by atoms with Gasteiger partial charge in [-0.1, -0.05) is 163 Å². The monoisotopic (exact) mass is 802 g/mol. The van der Waals surface area contributed by atoms with Gasteiger partial charge in [0.25, 0.3) is 0 Å². The highest BCUT2D eigenvalue weighted by atomic mass is 32.2. The van der Waals surface area contributed by atoms with Gasteiger partial charge in [-0.2, -0.15) is 0 Å². The topological polar surface area (TPSA) is 15.3 Å². The number of rotatable bonds is 14. The summed E-state index contributed by atoms with van der Waals surface area (Å²) in [4.78, 5) is 3.88. The van der Waals surface area contributed by atoms with Crippen molar-refractivity contribution in [1.29, 1.82) is 0 Å². The van der Waals surface area contributed by atoms with Gasteiger partial charge in [-0.15, -0.1) is 11.8 Å². The van der Waals surface area contributed by atoms with Crippen molar-refractivity contribution in [3.05, 3.63) is 231 Å². The van der Waals surface area contributed by atoms with Gasteiger partial charge in [0.05, 0.1) is 5.70 Å². The van der Waals surface area contributed by atoms with E-state index in [1.165, 1.54) is 72.0 Å². The molecule has 3 unspecified atom stereocenters. The molecule has 3 aliphatic carbocycles. The van der Waals surface area contributed by atoms with Gasteiger partial charge in [0.1, 0.15) is 0 Å². The number of nitrogens with one attached hydrogen (secondary N) is 1. The number of thioether (sulfide) groups is 1. The van der Waals surface area contributed by atoms with Crippen molar-refractivity contribution in [1.82, 2.24) is 4.90 Å². The summed E-state index contributed by atoms with van der Waals surface area (Å²) in [7, 11) is 2.25. The lowest BCUT2D eigenvalue weighted by Crippen LogP contribution is -2.36. The number of hydrogen-bond donors (Lipinski definition) is 1. The molecule has 1 heterocycles. The Morgan fingerprint density at radius 2 is 1.60 bits per heavy atom. The summed E-state index contributed by atoms with van der Waals surface area (Å²) in [5, 5.41) is 4.13. The maximum absolute atomic E-state index is 5.14. The van der Waals surface area contributed by atoms with Crippen molar-refractivity contribution in [2.24, 2.45) is 5.92 Å². The van der Waals surface area contributed by atoms with Crippen LogP contribution in [0.5, 0.6) is 0 Å². The number of fused-ring (bicyclic) bond motifs is 3. The third-order valence-electron chi connectivity index (χ3n) is 12.7. The normalized spacial score (nSPS) is 20.8. The summed E-state index contributed by atoms with van der Waals surface area (Å²) in [6.07, 6.45) is 31.0. The molecular weight excluding hydrogens is 745 g/mol. The molecule has 3 heteroatoms. The van der Waals surface area contributed by atoms with E-state index in [4.69, 9.17) is 6.58 Å². The van der Waals surface area contributed by atoms with Gasteiger partial charge in [0.15, 0.2) is 0 Å². The average molecular weight is 803 g/mol. The molecule has 0 saturated heterocycles. The van der Waals surface area contributed by atoms with Crippen molar-refractivity contribution >= 4 is 28.7 Å². The molecular formula is C57H58N2S. The van der Waals surface area contributed by atoms with Crippen LogP contribution in [0, 0.1) is 19.8 Å². The van der Waals surface area contributed by atoms with E-state index in [-0.39, 0.29) is 5.92 Å². The van der Waals surface area contributed by atoms with Gasteiger partial charge in [-0.05, 0) is 123 Å². The van der Waals surface area contributed by atoms with Crippen LogP contribution < -0.4 is 5.32 Å². The Kier molecular flexibility index (Phi) is 12.2. The molecule has 4 aliphatic rings. The second-order valence-electron chi connectivity index (χ2n) is 16.6. The van der Waals surface area contributed by atoms with E-state index in [0.717, 1.165) is 42.6 Å². The summed E-state index contributed by atoms with van der Waals surface area (Å²) in [5.74, 6) is 0.230. The molecule has 0 aromatic heterocycles. The first kappa shape index (κ1) is 41.0. The van der Waals surface area contributed by atoms with E-state index in [2.05, 4.69) is 216 Å². The average Bonchev–Trinajstić information content (AvgIpc) is 3.83. The van der Waals surface area contributed by atoms with Crippen LogP contribution in [-0.4, -0.2) is 17.2 Å². The van der Waals surface area contributed by atoms with E-state index in [1.54, 1.807) is 0 Å². The number of aryl methyl sites for hydroxylation is 2. The Hall–Kier alpha value is -5.77. The summed E-state index contributed by atoms with van der Waals surface area (Å²) < 4.78 is 0. The molecule has 3 atom stereocenters. The second kappa shape index (κ2) is 17.8. The minimum Gasteiger partial charge on any atom is -0.355 e. The predicted octanol–water partition coefficient (Wildman–Crippen LogP) is 15.2. The molecule has 0 spiro atoms. The largest absolute Gasteiger partial charge is 0.355 e. The molecule has 1 N–H and O–H groups in total. The molecule has 0 fully saturated rings. The first-order valence-electron chi connectivity index (χ1n) is 21.6. The van der Waals surface area contributed by atoms with Gasteiger partial charge < -0.3 is 10.2 Å². The maximum Gasteiger partial charge on any atom is 0.0594 e. The number of likely N-dealkylation sites (N-methyl/N-ethyl adjacent to an activating group) is 1. The van der Waals surface area contributed by atoms with Crippen LogP contribution in [0.15, 0.2) is 198 Å². The van der Waals surface area contributed by atoms with Crippen molar-refractivity contribution in [2.45, 2.75) is 71.0 Å². The summed E-state index contributed by atoms with van der Waals surface area (Å²) in [6, 6.07) is 33.8. The SMILES string of the molecule is C=C(CC/C(SC(C)/C=C\C=C/C)=C1/C2=C(CC=C2)N1C)C1(C2C=CC=CC2)c2ccccc2-c2ccc(C(/C=C(\Nc3ccc(C)cc3)c3ccc(C)cc3)=C/C)cc21. The highest BCUT2D eigenvalue weighted by Gasteiger charge is 2.49. The van der Waals surface area contributed by atoms with Crippen molar-refractivity contribution in [2.75, 3.05) is 12.4 Å². The number of allylic oxidation sites excluding steroid dienone is 14. The molecule has 4 aromatic carbocycles. The zero-order valence-electron chi connectivity index (χ0n) is 36.1. The first-order chi connectivity index (χ1) is 29.2. The molecule has 0 amide bonds. The van der Waals surface area contributed by atoms with Gasteiger partial charge in [0, 0.05) is 51.7 Å². The minimum absolute atomic E-state index is 0.230. The Labute approximate surface area is 363 Å². The third kappa shape index (κ3) is 7.84. The van der Waals surface area contributed by atoms with E-state index in [0.29, 0.717) is 5.25 Å². The summed E-state index contributed by atoms with van der Waals surface area (Å²) in [5.41, 5.74) is 18.7. The Bertz CT molecular complexity index is 2560. The lowest BCUT2D eigenvalue weighted by atomic mass is 9.61. The van der Waals surface area contributed by atoms with Crippen molar-refractivity contribution in [3.8, 4) is 11.1 Å². The van der Waals surface area contributed by atoms with E-state index in [9.17, 15) is 0 Å². The molecule has 60 heavy (non-hydrogen) atoms. The van der Waals surface area contributed by atoms with Gasteiger partial charge >= 0.3 is 0 Å². The lowest BCUT2D eigenvalue weighted by molar-refractivity contribution is 0.435. The van der Waals surface area contributed by atoms with Crippen LogP contribution in [0.1, 0.15) is 79.8 Å². The van der Waals surface area contributed by atoms with Gasteiger partial charge in [0.2, 0.25) is 0 Å². The number of benzene rings is 4. The number of anilines is 1. The Morgan fingerprint density at radius 3 is 2.33 bits per heavy atom. The van der Waals surface area contributed by atoms with Crippen LogP contribution in [0.4, 0.5) is 5.69 Å². The highest BCUT2D eigenvalue weighted by molar-refractivity contribution is 8.03. The molecule has 0 saturated carbocycles. The van der Waals surface area contributed by atoms with Gasteiger partial charge in [-0.25, -0.2) is 0 Å². The molecule has 2 nitrogen and oxygen atoms in total. The molecule has 4 aromatic rings. The highest BCUT2D eigenvalue weighted by Crippen LogP contribution is 2.59. The van der Waals surface area contributed by atoms with E-state index >= 15 is 0 Å². The lowest BCUT2D eigenvalue weighted by Gasteiger charge is -2.42. The molecule has 0 bridgehead atoms. The van der Waals surface area contributed by atoms with Crippen LogP contribution in [0.25, 0.3) is 22.4 Å². The minimum atomic E-state index is -0.396. The fraction of sp³-hybridized carbons (Fsp3) is 0.228. The fourth-order valence-electron chi connectivity index (χ4n) is 9.56. The van der Waals surface area contributed by atoms with E-state index in [1.807, 2.05) is 11.8 Å². The van der Waals surface area contributed by atoms with Crippen LogP contribution >= 0.6 is 11.8 Å². The van der Waals surface area contributed by atoms with Crippen molar-refractivity contribution in [3.63, 3.8) is 0 Å². The Morgan fingerprint density at radius 1 is 0.867 bits per heavy atom. The number of hydrogen-bond acceptors (Lipinski definition) is 3. The maximum atomic E-state index is 5.14. The smallest absolute Gasteiger partial charge is 0.0594 e. The first-order valence-corrected chi connectivity index (χ1v) is 22.5. The van der Waals surface area contributed by atoms with Gasteiger partial charge in [-0.3, -0.25) is 0 Å². The summed E-state index contributed by atoms with van der Waals surface area (Å²) in [6.45, 7) is 16.0. The zero-order chi connectivity index (χ0) is 41.8. The predicted molar refractivity (Wildman–Crippen MR) is 262 cm³/mol. The molecule has 1 aliphatic heterocycles. The zero-order valence-corrected chi connectivity index (χ0v) is 37.0. The number of nitrogens with zero attached hydrogens (tertiary/aromatic N) is 1. The standard InChI is InChI=1S/C57H58N2S/c1-8-10-12-18-42(6)60-55(56-50-22-17-24-54(50)59(56)7)36-29-41(5)57(46-19-13-11-14-20-46)51-23-16-15-21-48(51)49-35-32-45(37-52(49)57)43(9-2)38-53(44-30-25-39(3)26-31-44)58-47-33-27-40(4)28-34-47/h8-19,21-23,25-28,30-35,37-38,42,46,58H,5,20,24,29,36H2,1-4,6-7H3/b10-8-,18-12-,43-9+,53-38-,56-55+. The quantitative estimate of drug-likeness (QED) is 0.101. The molecule has 8 rings (SSSR count). The van der Waals surface area contributed by atoms with Crippen LogP contribution in [0.2, 0.25) is 0 Å². The van der Waals surface area contributed by atoms with Crippen molar-refractivity contribution < 1.29 is 0 Å². The third-order valence-corrected chi connectivity index (χ3v) is 13.9. The van der Waals surface area contributed by atoms with Crippen LogP contribution in [-0.2, 0) is 5.41 Å².